The Morgan fingerprint density at radius 2 is 2.06 bits per heavy atom. The average molecular weight is 248 g/mol. The summed E-state index contributed by atoms with van der Waals surface area (Å²) in [7, 11) is 3.76. The molecule has 4 nitrogen and oxygen atoms in total. The third-order valence-corrected chi connectivity index (χ3v) is 2.90. The molecule has 1 N–H and O–H groups in total. The van der Waals surface area contributed by atoms with E-state index >= 15 is 0 Å². The van der Waals surface area contributed by atoms with Gasteiger partial charge in [-0.05, 0) is 24.7 Å². The van der Waals surface area contributed by atoms with Gasteiger partial charge in [0.05, 0.1) is 5.69 Å². The SMILES string of the molecule is CNCC(Cc1cn(C)nn1)c1ccc(F)cc1. The van der Waals surface area contributed by atoms with E-state index in [1.165, 1.54) is 12.1 Å². The average Bonchev–Trinajstić information content (AvgIpc) is 2.75. The number of hydrogen-bond acceptors (Lipinski definition) is 3. The fourth-order valence-electron chi connectivity index (χ4n) is 2.03. The quantitative estimate of drug-likeness (QED) is 0.872. The number of nitrogens with one attached hydrogen (secondary N) is 1. The summed E-state index contributed by atoms with van der Waals surface area (Å²) in [6.07, 6.45) is 2.70. The van der Waals surface area contributed by atoms with Crippen LogP contribution in [0.25, 0.3) is 0 Å². The summed E-state index contributed by atoms with van der Waals surface area (Å²) in [5, 5.41) is 11.2. The number of likely N-dealkylation sites (N-methyl/N-ethyl adjacent to an activating group) is 1. The Labute approximate surface area is 106 Å². The monoisotopic (exact) mass is 248 g/mol. The lowest BCUT2D eigenvalue weighted by molar-refractivity contribution is 0.606. The van der Waals surface area contributed by atoms with Gasteiger partial charge in [-0.1, -0.05) is 17.3 Å². The van der Waals surface area contributed by atoms with Crippen LogP contribution in [0.4, 0.5) is 4.39 Å². The lowest BCUT2D eigenvalue weighted by Gasteiger charge is -2.15. The minimum absolute atomic E-state index is 0.207. The number of aromatic nitrogens is 3. The van der Waals surface area contributed by atoms with Crippen molar-refractivity contribution in [2.75, 3.05) is 13.6 Å². The minimum atomic E-state index is -0.207. The minimum Gasteiger partial charge on any atom is -0.319 e. The summed E-state index contributed by atoms with van der Waals surface area (Å²) in [5.74, 6) is 0.0637. The van der Waals surface area contributed by atoms with E-state index in [0.717, 1.165) is 24.2 Å². The van der Waals surface area contributed by atoms with E-state index in [0.29, 0.717) is 0 Å². The van der Waals surface area contributed by atoms with Crippen LogP contribution >= 0.6 is 0 Å². The number of hydrogen-bond donors (Lipinski definition) is 1. The van der Waals surface area contributed by atoms with Crippen molar-refractivity contribution in [3.63, 3.8) is 0 Å². The summed E-state index contributed by atoms with van der Waals surface area (Å²) in [4.78, 5) is 0. The Morgan fingerprint density at radius 1 is 1.33 bits per heavy atom. The number of rotatable bonds is 5. The molecule has 1 aromatic heterocycles. The predicted molar refractivity (Wildman–Crippen MR) is 67.8 cm³/mol. The van der Waals surface area contributed by atoms with E-state index in [4.69, 9.17) is 0 Å². The van der Waals surface area contributed by atoms with Crippen LogP contribution in [0.2, 0.25) is 0 Å². The Balaban J connectivity index is 2.14. The van der Waals surface area contributed by atoms with Crippen molar-refractivity contribution in [2.24, 2.45) is 7.05 Å². The van der Waals surface area contributed by atoms with Crippen LogP contribution < -0.4 is 5.32 Å². The third-order valence-electron chi connectivity index (χ3n) is 2.90. The summed E-state index contributed by atoms with van der Waals surface area (Å²) in [6, 6.07) is 6.64. The molecule has 0 saturated carbocycles. The maximum absolute atomic E-state index is 12.9. The molecule has 2 rings (SSSR count). The summed E-state index contributed by atoms with van der Waals surface area (Å²) in [5.41, 5.74) is 2.05. The summed E-state index contributed by atoms with van der Waals surface area (Å²) in [6.45, 7) is 0.822. The second-order valence-corrected chi connectivity index (χ2v) is 4.39. The molecular formula is C13H17FN4. The molecular weight excluding hydrogens is 231 g/mol. The van der Waals surface area contributed by atoms with Gasteiger partial charge in [0.1, 0.15) is 5.82 Å². The molecule has 0 radical (unpaired) electrons. The zero-order chi connectivity index (χ0) is 13.0. The molecule has 1 heterocycles. The first-order valence-corrected chi connectivity index (χ1v) is 5.94. The molecule has 1 aromatic carbocycles. The Morgan fingerprint density at radius 3 is 2.61 bits per heavy atom. The highest BCUT2D eigenvalue weighted by molar-refractivity contribution is 5.22. The molecule has 0 aliphatic heterocycles. The topological polar surface area (TPSA) is 42.7 Å². The van der Waals surface area contributed by atoms with Gasteiger partial charge in [0.2, 0.25) is 0 Å². The molecule has 5 heteroatoms. The third kappa shape index (κ3) is 3.13. The molecule has 0 aliphatic rings. The fourth-order valence-corrected chi connectivity index (χ4v) is 2.03. The molecule has 96 valence electrons. The molecule has 0 spiro atoms. The maximum atomic E-state index is 12.9. The van der Waals surface area contributed by atoms with Gasteiger partial charge in [-0.2, -0.15) is 0 Å². The highest BCUT2D eigenvalue weighted by Crippen LogP contribution is 2.19. The first-order valence-electron chi connectivity index (χ1n) is 5.94. The van der Waals surface area contributed by atoms with Gasteiger partial charge in [-0.15, -0.1) is 5.10 Å². The summed E-state index contributed by atoms with van der Waals surface area (Å²) < 4.78 is 14.6. The Bertz CT molecular complexity index is 492. The van der Waals surface area contributed by atoms with E-state index in [1.54, 1.807) is 4.68 Å². The lowest BCUT2D eigenvalue weighted by Crippen LogP contribution is -2.19. The van der Waals surface area contributed by atoms with Crippen LogP contribution in [0.15, 0.2) is 30.5 Å². The highest BCUT2D eigenvalue weighted by atomic mass is 19.1. The van der Waals surface area contributed by atoms with E-state index in [9.17, 15) is 4.39 Å². The van der Waals surface area contributed by atoms with Gasteiger partial charge in [0.25, 0.3) is 0 Å². The molecule has 0 fully saturated rings. The van der Waals surface area contributed by atoms with Gasteiger partial charge in [-0.25, -0.2) is 4.39 Å². The molecule has 0 aliphatic carbocycles. The van der Waals surface area contributed by atoms with Crippen molar-refractivity contribution in [2.45, 2.75) is 12.3 Å². The van der Waals surface area contributed by atoms with Crippen molar-refractivity contribution in [3.05, 3.63) is 47.5 Å². The number of benzene rings is 1. The van der Waals surface area contributed by atoms with Crippen LogP contribution in [0.1, 0.15) is 17.2 Å². The molecule has 18 heavy (non-hydrogen) atoms. The molecule has 2 aromatic rings. The van der Waals surface area contributed by atoms with Gasteiger partial charge in [-0.3, -0.25) is 4.68 Å². The first kappa shape index (κ1) is 12.7. The second kappa shape index (κ2) is 5.73. The molecule has 0 bridgehead atoms. The number of halogens is 1. The van der Waals surface area contributed by atoms with Crippen molar-refractivity contribution < 1.29 is 4.39 Å². The van der Waals surface area contributed by atoms with E-state index < -0.39 is 0 Å². The van der Waals surface area contributed by atoms with Crippen LogP contribution in [-0.2, 0) is 13.5 Å². The predicted octanol–water partition coefficient (Wildman–Crippen LogP) is 1.50. The second-order valence-electron chi connectivity index (χ2n) is 4.39. The normalized spacial score (nSPS) is 12.6. The Hall–Kier alpha value is -1.75. The van der Waals surface area contributed by atoms with Crippen LogP contribution in [0.3, 0.4) is 0 Å². The number of aryl methyl sites for hydroxylation is 1. The zero-order valence-electron chi connectivity index (χ0n) is 10.6. The lowest BCUT2D eigenvalue weighted by atomic mass is 9.94. The van der Waals surface area contributed by atoms with Crippen LogP contribution in [0, 0.1) is 5.82 Å². The van der Waals surface area contributed by atoms with Gasteiger partial charge >= 0.3 is 0 Å². The molecule has 0 amide bonds. The van der Waals surface area contributed by atoms with Crippen molar-refractivity contribution in [1.82, 2.24) is 20.3 Å². The molecule has 1 atom stereocenters. The first-order chi connectivity index (χ1) is 8.69. The largest absolute Gasteiger partial charge is 0.319 e. The van der Waals surface area contributed by atoms with Crippen molar-refractivity contribution in [3.8, 4) is 0 Å². The van der Waals surface area contributed by atoms with Gasteiger partial charge < -0.3 is 5.32 Å². The summed E-state index contributed by atoms with van der Waals surface area (Å²) >= 11 is 0. The van der Waals surface area contributed by atoms with E-state index in [1.807, 2.05) is 32.4 Å². The van der Waals surface area contributed by atoms with E-state index in [-0.39, 0.29) is 11.7 Å². The van der Waals surface area contributed by atoms with Crippen LogP contribution in [0.5, 0.6) is 0 Å². The van der Waals surface area contributed by atoms with E-state index in [2.05, 4.69) is 15.6 Å². The van der Waals surface area contributed by atoms with Crippen molar-refractivity contribution >= 4 is 0 Å². The molecule has 0 saturated heterocycles. The fraction of sp³-hybridized carbons (Fsp3) is 0.385. The Kier molecular flexibility index (Phi) is 4.04. The highest BCUT2D eigenvalue weighted by Gasteiger charge is 2.13. The standard InChI is InChI=1S/C13H17FN4/c1-15-8-11(7-13-9-18(2)17-16-13)10-3-5-12(14)6-4-10/h3-6,9,11,15H,7-8H2,1-2H3. The molecule has 1 unspecified atom stereocenters. The van der Waals surface area contributed by atoms with Crippen LogP contribution in [-0.4, -0.2) is 28.6 Å². The van der Waals surface area contributed by atoms with Gasteiger partial charge in [0, 0.05) is 32.1 Å². The van der Waals surface area contributed by atoms with Gasteiger partial charge in [0.15, 0.2) is 0 Å². The smallest absolute Gasteiger partial charge is 0.123 e. The maximum Gasteiger partial charge on any atom is 0.123 e. The van der Waals surface area contributed by atoms with Crippen molar-refractivity contribution in [1.29, 1.82) is 0 Å². The number of nitrogens with zero attached hydrogens (tertiary/aromatic N) is 3. The zero-order valence-corrected chi connectivity index (χ0v) is 10.6.